The molecule has 8 heteroatoms. The number of benzene rings is 1. The molecule has 34 heavy (non-hydrogen) atoms. The van der Waals surface area contributed by atoms with Crippen LogP contribution in [-0.2, 0) is 15.8 Å². The fourth-order valence-corrected chi connectivity index (χ4v) is 4.46. The van der Waals surface area contributed by atoms with Crippen LogP contribution < -0.4 is 0 Å². The molecule has 0 saturated carbocycles. The highest BCUT2D eigenvalue weighted by atomic mass is 28.3. The molecule has 0 bridgehead atoms. The molecule has 3 rings (SSSR count). The highest BCUT2D eigenvalue weighted by molar-refractivity contribution is 6.53. The molecule has 1 aliphatic heterocycles. The first kappa shape index (κ1) is 26.3. The standard InChI is InChI=1S/C26H37FN3O3Si/c1-25(2,3)33-24(31)30-13-11-18(12-14-30)23-28-15-20(16-29-23)21-10-8-9-19(22(21)27)17-32-34(7)26(4,5)6/h8-10,15-16,18H,11-14,17H2,1-7H3. The number of nitrogens with zero attached hydrogens (tertiary/aromatic N) is 3. The maximum absolute atomic E-state index is 15.2. The zero-order chi connectivity index (χ0) is 25.1. The van der Waals surface area contributed by atoms with Crippen molar-refractivity contribution in [3.63, 3.8) is 0 Å². The molecule has 0 spiro atoms. The lowest BCUT2D eigenvalue weighted by molar-refractivity contribution is 0.0203. The van der Waals surface area contributed by atoms with E-state index in [0.717, 1.165) is 18.7 Å². The summed E-state index contributed by atoms with van der Waals surface area (Å²) in [5, 5.41) is 0.0888. The van der Waals surface area contributed by atoms with Gasteiger partial charge in [0.05, 0.1) is 6.61 Å². The van der Waals surface area contributed by atoms with Gasteiger partial charge in [-0.2, -0.15) is 0 Å². The topological polar surface area (TPSA) is 64.5 Å². The van der Waals surface area contributed by atoms with Gasteiger partial charge in [-0.3, -0.25) is 0 Å². The highest BCUT2D eigenvalue weighted by Gasteiger charge is 2.29. The lowest BCUT2D eigenvalue weighted by Gasteiger charge is -2.32. The third-order valence-corrected chi connectivity index (χ3v) is 8.76. The number of hydrogen-bond acceptors (Lipinski definition) is 5. The molecule has 185 valence electrons. The highest BCUT2D eigenvalue weighted by Crippen LogP contribution is 2.31. The Morgan fingerprint density at radius 2 is 1.74 bits per heavy atom. The van der Waals surface area contributed by atoms with E-state index >= 15 is 4.39 Å². The lowest BCUT2D eigenvalue weighted by Crippen LogP contribution is -2.41. The van der Waals surface area contributed by atoms with E-state index in [9.17, 15) is 4.79 Å². The predicted octanol–water partition coefficient (Wildman–Crippen LogP) is 6.34. The van der Waals surface area contributed by atoms with Crippen molar-refractivity contribution < 1.29 is 18.3 Å². The molecule has 1 fully saturated rings. The van der Waals surface area contributed by atoms with Gasteiger partial charge in [-0.15, -0.1) is 0 Å². The molecule has 1 aromatic heterocycles. The SMILES string of the molecule is C[Si](OCc1cccc(-c2cnc(C3CCN(C(=O)OC(C)(C)C)CC3)nc2)c1F)C(C)(C)C. The van der Waals surface area contributed by atoms with Crippen molar-refractivity contribution >= 4 is 15.1 Å². The average Bonchev–Trinajstić information content (AvgIpc) is 2.76. The predicted molar refractivity (Wildman–Crippen MR) is 133 cm³/mol. The third kappa shape index (κ3) is 6.85. The molecule has 0 unspecified atom stereocenters. The van der Waals surface area contributed by atoms with Crippen molar-refractivity contribution in [2.24, 2.45) is 0 Å². The van der Waals surface area contributed by atoms with Crippen molar-refractivity contribution in [3.05, 3.63) is 47.8 Å². The van der Waals surface area contributed by atoms with Gasteiger partial charge >= 0.3 is 6.09 Å². The molecular weight excluding hydrogens is 449 g/mol. The Kier molecular flexibility index (Phi) is 8.13. The number of halogens is 1. The first-order valence-corrected chi connectivity index (χ1v) is 13.8. The van der Waals surface area contributed by atoms with Gasteiger partial charge in [0.25, 0.3) is 0 Å². The van der Waals surface area contributed by atoms with Crippen molar-refractivity contribution in [2.75, 3.05) is 13.1 Å². The second-order valence-electron chi connectivity index (χ2n) is 10.9. The monoisotopic (exact) mass is 486 g/mol. The van der Waals surface area contributed by atoms with Crippen LogP contribution >= 0.6 is 0 Å². The Balaban J connectivity index is 1.63. The van der Waals surface area contributed by atoms with Gasteiger partial charge in [-0.1, -0.05) is 39.0 Å². The summed E-state index contributed by atoms with van der Waals surface area (Å²) >= 11 is 0. The molecule has 1 amide bonds. The molecule has 2 heterocycles. The van der Waals surface area contributed by atoms with Crippen LogP contribution in [0.15, 0.2) is 30.6 Å². The number of rotatable bonds is 5. The summed E-state index contributed by atoms with van der Waals surface area (Å²) in [4.78, 5) is 23.1. The number of carbonyl (C=O) groups excluding carboxylic acids is 1. The summed E-state index contributed by atoms with van der Waals surface area (Å²) in [6.07, 6.45) is 4.65. The quantitative estimate of drug-likeness (QED) is 0.462. The van der Waals surface area contributed by atoms with Gasteiger partial charge in [-0.25, -0.2) is 19.2 Å². The molecule has 1 saturated heterocycles. The van der Waals surface area contributed by atoms with Crippen molar-refractivity contribution in [1.82, 2.24) is 14.9 Å². The second-order valence-corrected chi connectivity index (χ2v) is 13.8. The van der Waals surface area contributed by atoms with E-state index < -0.39 is 14.6 Å². The second kappa shape index (κ2) is 10.5. The fraction of sp³-hybridized carbons (Fsp3) is 0.577. The molecule has 6 nitrogen and oxygen atoms in total. The molecule has 1 radical (unpaired) electrons. The minimum absolute atomic E-state index is 0.0888. The largest absolute Gasteiger partial charge is 0.444 e. The maximum Gasteiger partial charge on any atom is 0.410 e. The van der Waals surface area contributed by atoms with E-state index in [1.54, 1.807) is 29.4 Å². The molecule has 2 aromatic rings. The first-order chi connectivity index (χ1) is 15.8. The zero-order valence-electron chi connectivity index (χ0n) is 21.4. The lowest BCUT2D eigenvalue weighted by atomic mass is 9.96. The summed E-state index contributed by atoms with van der Waals surface area (Å²) in [5.41, 5.74) is 1.17. The number of piperidine rings is 1. The normalized spacial score (nSPS) is 15.6. The summed E-state index contributed by atoms with van der Waals surface area (Å²) in [5.74, 6) is 0.615. The van der Waals surface area contributed by atoms with E-state index in [2.05, 4.69) is 37.3 Å². The van der Waals surface area contributed by atoms with Gasteiger partial charge in [-0.05, 0) is 45.2 Å². The molecule has 1 aromatic carbocycles. The van der Waals surface area contributed by atoms with Crippen molar-refractivity contribution in [2.45, 2.75) is 84.1 Å². The summed E-state index contributed by atoms with van der Waals surface area (Å²) in [7, 11) is -1.06. The number of amides is 1. The van der Waals surface area contributed by atoms with Crippen LogP contribution in [0.5, 0.6) is 0 Å². The fourth-order valence-electron chi connectivity index (χ4n) is 3.65. The van der Waals surface area contributed by atoms with E-state index in [-0.39, 0.29) is 29.5 Å². The van der Waals surface area contributed by atoms with Gasteiger partial charge < -0.3 is 14.1 Å². The number of likely N-dealkylation sites (tertiary alicyclic amines) is 1. The first-order valence-electron chi connectivity index (χ1n) is 11.9. The number of aromatic nitrogens is 2. The molecule has 0 N–H and O–H groups in total. The number of ether oxygens (including phenoxy) is 1. The van der Waals surface area contributed by atoms with E-state index in [1.807, 2.05) is 26.8 Å². The van der Waals surface area contributed by atoms with E-state index in [1.165, 1.54) is 0 Å². The van der Waals surface area contributed by atoms with E-state index in [0.29, 0.717) is 29.8 Å². The zero-order valence-corrected chi connectivity index (χ0v) is 22.4. The Hall–Kier alpha value is -2.32. The average molecular weight is 487 g/mol. The van der Waals surface area contributed by atoms with Crippen LogP contribution in [0.2, 0.25) is 11.6 Å². The van der Waals surface area contributed by atoms with Crippen LogP contribution in [0, 0.1) is 5.82 Å². The maximum atomic E-state index is 15.2. The van der Waals surface area contributed by atoms with Gasteiger partial charge in [0, 0.05) is 48.1 Å². The van der Waals surface area contributed by atoms with Gasteiger partial charge in [0.2, 0.25) is 9.04 Å². The van der Waals surface area contributed by atoms with Gasteiger partial charge in [0.1, 0.15) is 17.2 Å². The number of carbonyl (C=O) groups is 1. The smallest absolute Gasteiger partial charge is 0.410 e. The molecule has 0 atom stereocenters. The van der Waals surface area contributed by atoms with Crippen LogP contribution in [0.1, 0.15) is 71.7 Å². The summed E-state index contributed by atoms with van der Waals surface area (Å²) in [6, 6.07) is 5.36. The molecule has 1 aliphatic rings. The van der Waals surface area contributed by atoms with Gasteiger partial charge in [0.15, 0.2) is 0 Å². The van der Waals surface area contributed by atoms with Crippen LogP contribution in [0.3, 0.4) is 0 Å². The Labute approximate surface area is 204 Å². The summed E-state index contributed by atoms with van der Waals surface area (Å²) in [6.45, 7) is 15.6. The van der Waals surface area contributed by atoms with Crippen LogP contribution in [0.25, 0.3) is 11.1 Å². The summed E-state index contributed by atoms with van der Waals surface area (Å²) < 4.78 is 26.7. The van der Waals surface area contributed by atoms with Crippen molar-refractivity contribution in [3.8, 4) is 11.1 Å². The number of hydrogen-bond donors (Lipinski definition) is 0. The minimum atomic E-state index is -1.06. The van der Waals surface area contributed by atoms with E-state index in [4.69, 9.17) is 9.16 Å². The van der Waals surface area contributed by atoms with Crippen LogP contribution in [0.4, 0.5) is 9.18 Å². The van der Waals surface area contributed by atoms with Crippen molar-refractivity contribution in [1.29, 1.82) is 0 Å². The Bertz CT molecular complexity index is 978. The Morgan fingerprint density at radius 3 is 2.29 bits per heavy atom. The molecule has 0 aliphatic carbocycles. The Morgan fingerprint density at radius 1 is 1.12 bits per heavy atom. The third-order valence-electron chi connectivity index (χ3n) is 6.07. The minimum Gasteiger partial charge on any atom is -0.444 e. The molecular formula is C26H37FN3O3Si. The van der Waals surface area contributed by atoms with Crippen LogP contribution in [-0.4, -0.2) is 48.7 Å².